The molecule has 4 aromatic heterocycles. The SMILES string of the molecule is Nc1nc2c(ncn2C2O[C@H](CO)[C@H](F)[C@H]2P(O)(=S)OC[C@H]2O[C@@H](n3cnc4c(N)ncnc43)[C@@H](F)[C@@H]2O)c(=O)[nH]1. The average molecular weight is 617 g/mol. The Hall–Kier alpha value is -3.23. The first kappa shape index (κ1) is 27.9. The molecular formula is C20H23F2N10O7PS. The molecule has 2 fully saturated rings. The molecule has 41 heavy (non-hydrogen) atoms. The average Bonchev–Trinajstić information content (AvgIpc) is 3.68. The van der Waals surface area contributed by atoms with Gasteiger partial charge in [0, 0.05) is 0 Å². The number of hydrogen-bond donors (Lipinski definition) is 6. The number of alkyl halides is 2. The summed E-state index contributed by atoms with van der Waals surface area (Å²) in [5.74, 6) is -0.191. The summed E-state index contributed by atoms with van der Waals surface area (Å²) in [6.45, 7) is -5.61. The van der Waals surface area contributed by atoms with E-state index >= 15 is 8.78 Å². The molecule has 0 radical (unpaired) electrons. The number of hydrogen-bond acceptors (Lipinski definition) is 14. The minimum absolute atomic E-state index is 0.0621. The second-order valence-corrected chi connectivity index (χ2v) is 13.0. The Morgan fingerprint density at radius 1 is 1.05 bits per heavy atom. The summed E-state index contributed by atoms with van der Waals surface area (Å²) >= 11 is 5.31. The molecule has 6 heterocycles. The number of nitrogens with one attached hydrogen (secondary N) is 1. The van der Waals surface area contributed by atoms with Crippen molar-refractivity contribution in [3.63, 3.8) is 0 Å². The number of ether oxygens (including phenoxy) is 2. The van der Waals surface area contributed by atoms with Gasteiger partial charge < -0.3 is 40.6 Å². The third kappa shape index (κ3) is 4.56. The number of aromatic amines is 1. The predicted octanol–water partition coefficient (Wildman–Crippen LogP) is -1.36. The van der Waals surface area contributed by atoms with Gasteiger partial charge in [0.15, 0.2) is 47.7 Å². The number of halogens is 2. The zero-order valence-electron chi connectivity index (χ0n) is 20.6. The molecule has 0 aromatic carbocycles. The highest BCUT2D eigenvalue weighted by molar-refractivity contribution is 8.09. The number of fused-ring (bicyclic) bond motifs is 2. The number of imidazole rings is 2. The van der Waals surface area contributed by atoms with Crippen molar-refractivity contribution in [3.8, 4) is 0 Å². The van der Waals surface area contributed by atoms with Gasteiger partial charge in [-0.05, 0) is 11.8 Å². The summed E-state index contributed by atoms with van der Waals surface area (Å²) in [5.41, 5.74) is 9.29. The second kappa shape index (κ2) is 10.2. The molecule has 6 rings (SSSR count). The van der Waals surface area contributed by atoms with Crippen molar-refractivity contribution in [2.75, 3.05) is 24.7 Å². The minimum atomic E-state index is -4.21. The maximum Gasteiger partial charge on any atom is 0.280 e. The number of rotatable bonds is 7. The van der Waals surface area contributed by atoms with Crippen LogP contribution in [0.25, 0.3) is 22.3 Å². The van der Waals surface area contributed by atoms with Crippen LogP contribution < -0.4 is 17.0 Å². The van der Waals surface area contributed by atoms with Gasteiger partial charge in [-0.25, -0.2) is 28.7 Å². The predicted molar refractivity (Wildman–Crippen MR) is 139 cm³/mol. The highest BCUT2D eigenvalue weighted by atomic mass is 32.5. The van der Waals surface area contributed by atoms with E-state index in [4.69, 9.17) is 37.3 Å². The lowest BCUT2D eigenvalue weighted by Crippen LogP contribution is -2.34. The summed E-state index contributed by atoms with van der Waals surface area (Å²) in [6.07, 6.45) is -7.81. The Kier molecular flexibility index (Phi) is 6.97. The number of H-pyrrole nitrogens is 1. The van der Waals surface area contributed by atoms with E-state index in [1.165, 1.54) is 10.9 Å². The van der Waals surface area contributed by atoms with Gasteiger partial charge in [-0.15, -0.1) is 0 Å². The third-order valence-electron chi connectivity index (χ3n) is 6.95. The van der Waals surface area contributed by atoms with E-state index in [9.17, 15) is 19.9 Å². The molecule has 0 aliphatic carbocycles. The smallest absolute Gasteiger partial charge is 0.280 e. The Labute approximate surface area is 232 Å². The normalized spacial score (nSPS) is 31.7. The number of nitrogens with two attached hydrogens (primary N) is 2. The van der Waals surface area contributed by atoms with Crippen LogP contribution in [0, 0.1) is 0 Å². The quantitative estimate of drug-likeness (QED) is 0.131. The van der Waals surface area contributed by atoms with Crippen molar-refractivity contribution in [1.29, 1.82) is 0 Å². The van der Waals surface area contributed by atoms with Crippen molar-refractivity contribution in [2.24, 2.45) is 0 Å². The highest BCUT2D eigenvalue weighted by Crippen LogP contribution is 2.58. The molecule has 0 amide bonds. The van der Waals surface area contributed by atoms with Crippen LogP contribution in [0.3, 0.4) is 0 Å². The van der Waals surface area contributed by atoms with Gasteiger partial charge >= 0.3 is 0 Å². The van der Waals surface area contributed by atoms with E-state index in [2.05, 4.69) is 29.9 Å². The number of anilines is 2. The van der Waals surface area contributed by atoms with Crippen LogP contribution in [0.4, 0.5) is 20.5 Å². The first-order chi connectivity index (χ1) is 19.5. The zero-order valence-corrected chi connectivity index (χ0v) is 22.3. The van der Waals surface area contributed by atoms with E-state index in [0.717, 1.165) is 17.2 Å². The number of nitrogens with zero attached hydrogens (tertiary/aromatic N) is 7. The van der Waals surface area contributed by atoms with Gasteiger partial charge in [0.05, 0.1) is 25.9 Å². The molecule has 2 unspecified atom stereocenters. The van der Waals surface area contributed by atoms with Crippen LogP contribution in [-0.2, 0) is 25.8 Å². The van der Waals surface area contributed by atoms with E-state index < -0.39 is 74.0 Å². The van der Waals surface area contributed by atoms with Crippen molar-refractivity contribution >= 4 is 52.4 Å². The van der Waals surface area contributed by atoms with E-state index in [1.807, 2.05) is 0 Å². The van der Waals surface area contributed by atoms with Crippen LogP contribution in [0.15, 0.2) is 23.8 Å². The van der Waals surface area contributed by atoms with Crippen molar-refractivity contribution < 1.29 is 37.9 Å². The van der Waals surface area contributed by atoms with Crippen LogP contribution in [-0.4, -0.2) is 104 Å². The van der Waals surface area contributed by atoms with Crippen molar-refractivity contribution in [3.05, 3.63) is 29.3 Å². The molecule has 0 bridgehead atoms. The van der Waals surface area contributed by atoms with Gasteiger partial charge in [-0.3, -0.25) is 18.9 Å². The molecule has 0 spiro atoms. The molecule has 2 aliphatic rings. The monoisotopic (exact) mass is 616 g/mol. The summed E-state index contributed by atoms with van der Waals surface area (Å²) < 4.78 is 49.9. The van der Waals surface area contributed by atoms with Gasteiger partial charge in [0.1, 0.15) is 42.0 Å². The van der Waals surface area contributed by atoms with Gasteiger partial charge in [-0.1, -0.05) is 0 Å². The van der Waals surface area contributed by atoms with Gasteiger partial charge in [0.2, 0.25) is 5.95 Å². The lowest BCUT2D eigenvalue weighted by Gasteiger charge is -2.29. The molecule has 21 heteroatoms. The molecule has 8 N–H and O–H groups in total. The molecule has 2 aliphatic heterocycles. The van der Waals surface area contributed by atoms with Crippen LogP contribution in [0.2, 0.25) is 0 Å². The highest BCUT2D eigenvalue weighted by Gasteiger charge is 2.54. The number of aromatic nitrogens is 8. The fourth-order valence-corrected chi connectivity index (χ4v) is 7.41. The van der Waals surface area contributed by atoms with Gasteiger partial charge in [-0.2, -0.15) is 4.98 Å². The molecular weight excluding hydrogens is 593 g/mol. The maximum absolute atomic E-state index is 15.5. The second-order valence-electron chi connectivity index (χ2n) is 9.40. The molecule has 9 atom stereocenters. The number of nitrogen functional groups attached to an aromatic ring is 2. The topological polar surface area (TPSA) is 248 Å². The summed E-state index contributed by atoms with van der Waals surface area (Å²) in [4.78, 5) is 45.6. The van der Waals surface area contributed by atoms with Crippen LogP contribution >= 0.6 is 6.49 Å². The summed E-state index contributed by atoms with van der Waals surface area (Å²) in [6, 6.07) is 0. The van der Waals surface area contributed by atoms with Crippen LogP contribution in [0.5, 0.6) is 0 Å². The third-order valence-corrected chi connectivity index (χ3v) is 9.81. The molecule has 2 saturated heterocycles. The first-order valence-corrected chi connectivity index (χ1v) is 14.8. The number of aliphatic hydroxyl groups is 2. The van der Waals surface area contributed by atoms with Crippen LogP contribution in [0.1, 0.15) is 12.5 Å². The Morgan fingerprint density at radius 3 is 2.46 bits per heavy atom. The Morgan fingerprint density at radius 2 is 1.73 bits per heavy atom. The molecule has 4 aromatic rings. The van der Waals surface area contributed by atoms with Gasteiger partial charge in [0.25, 0.3) is 5.56 Å². The fraction of sp³-hybridized carbons (Fsp3) is 0.500. The largest absolute Gasteiger partial charge is 0.394 e. The fourth-order valence-electron chi connectivity index (χ4n) is 4.94. The first-order valence-electron chi connectivity index (χ1n) is 12.0. The standard InChI is InChI=1S/C20H23F2N10O7PS/c21-8-6(1-33)38-19(32-5-28-11-16(32)29-20(24)30-17(11)35)13(8)40(36,41)37-2-7-12(34)9(22)18(39-7)31-4-27-10-14(23)25-3-26-15(10)31/h3-9,12-13,18-19,33-34H,1-2H2,(H,36,41)(H2,23,25,26)(H3,24,29,30,35)/t6-,7-,8+,9+,12-,13-,18-,19?,40?/m1/s1. The summed E-state index contributed by atoms with van der Waals surface area (Å²) in [7, 11) is 0. The molecule has 220 valence electrons. The van der Waals surface area contributed by atoms with E-state index in [1.54, 1.807) is 0 Å². The molecule has 17 nitrogen and oxygen atoms in total. The Bertz CT molecular complexity index is 1720. The minimum Gasteiger partial charge on any atom is -0.394 e. The summed E-state index contributed by atoms with van der Waals surface area (Å²) in [5, 5.41) is 20.2. The van der Waals surface area contributed by atoms with E-state index in [0.29, 0.717) is 0 Å². The maximum atomic E-state index is 15.5. The number of aliphatic hydroxyl groups excluding tert-OH is 2. The Balaban J connectivity index is 1.25. The molecule has 0 saturated carbocycles. The lowest BCUT2D eigenvalue weighted by molar-refractivity contribution is -0.0425. The van der Waals surface area contributed by atoms with Crippen molar-refractivity contribution in [2.45, 2.75) is 48.8 Å². The van der Waals surface area contributed by atoms with Crippen molar-refractivity contribution in [1.82, 2.24) is 39.0 Å². The lowest BCUT2D eigenvalue weighted by atomic mass is 10.1. The van der Waals surface area contributed by atoms with E-state index in [-0.39, 0.29) is 34.1 Å². The zero-order chi connectivity index (χ0) is 29.2.